The predicted octanol–water partition coefficient (Wildman–Crippen LogP) is 1.75. The molecule has 118 valence electrons. The van der Waals surface area contributed by atoms with Crippen LogP contribution in [-0.4, -0.2) is 34.2 Å². The van der Waals surface area contributed by atoms with Crippen LogP contribution in [-0.2, 0) is 10.0 Å². The van der Waals surface area contributed by atoms with Crippen molar-refractivity contribution in [3.05, 3.63) is 24.3 Å². The number of nitrogens with one attached hydrogen (secondary N) is 2. The van der Waals surface area contributed by atoms with Gasteiger partial charge in [-0.3, -0.25) is 0 Å². The van der Waals surface area contributed by atoms with Crippen LogP contribution in [0.3, 0.4) is 0 Å². The monoisotopic (exact) mass is 312 g/mol. The van der Waals surface area contributed by atoms with E-state index in [1.807, 2.05) is 0 Å². The molecule has 0 aliphatic heterocycles. The second-order valence-corrected chi connectivity index (χ2v) is 7.49. The third kappa shape index (κ3) is 5.65. The number of sulfonamides is 1. The fraction of sp³-hybridized carbons (Fsp3) is 0.600. The first-order chi connectivity index (χ1) is 9.97. The number of hydrogen-bond donors (Lipinski definition) is 2. The Bertz CT molecular complexity index is 537. The van der Waals surface area contributed by atoms with Crippen LogP contribution in [0.15, 0.2) is 29.2 Å². The van der Waals surface area contributed by atoms with Crippen LogP contribution in [0.4, 0.5) is 0 Å². The maximum Gasteiger partial charge on any atom is 0.240 e. The van der Waals surface area contributed by atoms with Crippen molar-refractivity contribution in [1.29, 1.82) is 0 Å². The van der Waals surface area contributed by atoms with Crippen LogP contribution in [0.5, 0.6) is 5.75 Å². The van der Waals surface area contributed by atoms with Gasteiger partial charge in [-0.15, -0.1) is 0 Å². The van der Waals surface area contributed by atoms with Gasteiger partial charge in [0.2, 0.25) is 10.0 Å². The molecule has 0 unspecified atom stereocenters. The van der Waals surface area contributed by atoms with E-state index in [-0.39, 0.29) is 4.90 Å². The molecule has 0 heterocycles. The van der Waals surface area contributed by atoms with Crippen molar-refractivity contribution in [1.82, 2.24) is 10.0 Å². The molecular weight excluding hydrogens is 288 g/mol. The fourth-order valence-electron chi connectivity index (χ4n) is 1.86. The lowest BCUT2D eigenvalue weighted by molar-refractivity contribution is 0.308. The zero-order valence-electron chi connectivity index (χ0n) is 12.6. The van der Waals surface area contributed by atoms with Crippen molar-refractivity contribution in [2.45, 2.75) is 37.6 Å². The first-order valence-corrected chi connectivity index (χ1v) is 8.91. The van der Waals surface area contributed by atoms with Gasteiger partial charge in [0.1, 0.15) is 12.4 Å². The largest absolute Gasteiger partial charge is 0.492 e. The highest BCUT2D eigenvalue weighted by Crippen LogP contribution is 2.28. The Kier molecular flexibility index (Phi) is 5.61. The van der Waals surface area contributed by atoms with Crippen LogP contribution in [0.25, 0.3) is 0 Å². The van der Waals surface area contributed by atoms with E-state index in [1.165, 1.54) is 0 Å². The van der Waals surface area contributed by atoms with Gasteiger partial charge in [0.15, 0.2) is 0 Å². The van der Waals surface area contributed by atoms with Crippen molar-refractivity contribution in [3.63, 3.8) is 0 Å². The van der Waals surface area contributed by atoms with Crippen molar-refractivity contribution in [3.8, 4) is 5.75 Å². The molecule has 0 spiro atoms. The SMILES string of the molecule is CC(C)NCCOc1ccc(S(=O)(=O)NCC2CC2)cc1. The van der Waals surface area contributed by atoms with Crippen LogP contribution < -0.4 is 14.8 Å². The van der Waals surface area contributed by atoms with E-state index in [2.05, 4.69) is 23.9 Å². The molecular formula is C15H24N2O3S. The Labute approximate surface area is 127 Å². The first-order valence-electron chi connectivity index (χ1n) is 7.43. The lowest BCUT2D eigenvalue weighted by Gasteiger charge is -2.10. The molecule has 0 bridgehead atoms. The highest BCUT2D eigenvalue weighted by atomic mass is 32.2. The van der Waals surface area contributed by atoms with Gasteiger partial charge in [-0.2, -0.15) is 0 Å². The minimum atomic E-state index is -3.39. The Morgan fingerprint density at radius 2 is 1.90 bits per heavy atom. The molecule has 1 aliphatic carbocycles. The normalized spacial score (nSPS) is 15.4. The molecule has 0 saturated heterocycles. The molecule has 0 aromatic heterocycles. The molecule has 1 aliphatic rings. The maximum absolute atomic E-state index is 12.0. The van der Waals surface area contributed by atoms with E-state index in [0.717, 1.165) is 19.4 Å². The molecule has 0 atom stereocenters. The summed E-state index contributed by atoms with van der Waals surface area (Å²) in [5.41, 5.74) is 0. The highest BCUT2D eigenvalue weighted by molar-refractivity contribution is 7.89. The summed E-state index contributed by atoms with van der Waals surface area (Å²) in [6.07, 6.45) is 2.25. The zero-order chi connectivity index (χ0) is 15.3. The Balaban J connectivity index is 1.82. The molecule has 2 rings (SSSR count). The minimum Gasteiger partial charge on any atom is -0.492 e. The molecule has 2 N–H and O–H groups in total. The van der Waals surface area contributed by atoms with E-state index in [9.17, 15) is 8.42 Å². The average molecular weight is 312 g/mol. The van der Waals surface area contributed by atoms with E-state index in [1.54, 1.807) is 24.3 Å². The summed E-state index contributed by atoms with van der Waals surface area (Å²) < 4.78 is 32.3. The summed E-state index contributed by atoms with van der Waals surface area (Å²) in [5.74, 6) is 1.21. The standard InChI is InChI=1S/C15H24N2O3S/c1-12(2)16-9-10-20-14-5-7-15(8-6-14)21(18,19)17-11-13-3-4-13/h5-8,12-13,16-17H,3-4,9-11H2,1-2H3. The van der Waals surface area contributed by atoms with E-state index in [4.69, 9.17) is 4.74 Å². The van der Waals surface area contributed by atoms with E-state index >= 15 is 0 Å². The summed E-state index contributed by atoms with van der Waals surface area (Å²) in [4.78, 5) is 0.288. The molecule has 21 heavy (non-hydrogen) atoms. The fourth-order valence-corrected chi connectivity index (χ4v) is 2.98. The predicted molar refractivity (Wildman–Crippen MR) is 83.0 cm³/mol. The lowest BCUT2D eigenvalue weighted by Crippen LogP contribution is -2.27. The summed E-state index contributed by atoms with van der Waals surface area (Å²) in [7, 11) is -3.39. The smallest absolute Gasteiger partial charge is 0.240 e. The number of hydrogen-bond acceptors (Lipinski definition) is 4. The van der Waals surface area contributed by atoms with Crippen molar-refractivity contribution < 1.29 is 13.2 Å². The van der Waals surface area contributed by atoms with Crippen LogP contribution in [0, 0.1) is 5.92 Å². The Hall–Kier alpha value is -1.11. The van der Waals surface area contributed by atoms with Gasteiger partial charge in [-0.05, 0) is 43.0 Å². The molecule has 1 aromatic rings. The minimum absolute atomic E-state index is 0.288. The second-order valence-electron chi connectivity index (χ2n) is 5.72. The third-order valence-corrected chi connectivity index (χ3v) is 4.76. The Morgan fingerprint density at radius 1 is 1.24 bits per heavy atom. The van der Waals surface area contributed by atoms with Gasteiger partial charge < -0.3 is 10.1 Å². The number of ether oxygens (including phenoxy) is 1. The number of benzene rings is 1. The van der Waals surface area contributed by atoms with Gasteiger partial charge in [-0.1, -0.05) is 13.8 Å². The van der Waals surface area contributed by atoms with E-state index < -0.39 is 10.0 Å². The molecule has 5 nitrogen and oxygen atoms in total. The lowest BCUT2D eigenvalue weighted by atomic mass is 10.3. The van der Waals surface area contributed by atoms with Gasteiger partial charge >= 0.3 is 0 Å². The molecule has 1 fully saturated rings. The first kappa shape index (κ1) is 16.3. The van der Waals surface area contributed by atoms with Gasteiger partial charge in [0, 0.05) is 19.1 Å². The molecule has 1 aromatic carbocycles. The van der Waals surface area contributed by atoms with Gasteiger partial charge in [0.25, 0.3) is 0 Å². The Morgan fingerprint density at radius 3 is 2.48 bits per heavy atom. The van der Waals surface area contributed by atoms with E-state index in [0.29, 0.717) is 30.9 Å². The van der Waals surface area contributed by atoms with Crippen molar-refractivity contribution >= 4 is 10.0 Å². The highest BCUT2D eigenvalue weighted by Gasteiger charge is 2.24. The zero-order valence-corrected chi connectivity index (χ0v) is 13.4. The summed E-state index contributed by atoms with van der Waals surface area (Å²) in [6.45, 7) is 6.02. The summed E-state index contributed by atoms with van der Waals surface area (Å²) >= 11 is 0. The topological polar surface area (TPSA) is 67.4 Å². The summed E-state index contributed by atoms with van der Waals surface area (Å²) in [5, 5.41) is 3.25. The summed E-state index contributed by atoms with van der Waals surface area (Å²) in [6, 6.07) is 6.99. The molecule has 1 saturated carbocycles. The third-order valence-electron chi connectivity index (χ3n) is 3.32. The van der Waals surface area contributed by atoms with Gasteiger partial charge in [-0.25, -0.2) is 13.1 Å². The second kappa shape index (κ2) is 7.24. The van der Waals surface area contributed by atoms with Crippen molar-refractivity contribution in [2.24, 2.45) is 5.92 Å². The van der Waals surface area contributed by atoms with Crippen LogP contribution in [0.2, 0.25) is 0 Å². The van der Waals surface area contributed by atoms with Crippen LogP contribution >= 0.6 is 0 Å². The maximum atomic E-state index is 12.0. The quantitative estimate of drug-likeness (QED) is 0.682. The van der Waals surface area contributed by atoms with Crippen molar-refractivity contribution in [2.75, 3.05) is 19.7 Å². The van der Waals surface area contributed by atoms with Gasteiger partial charge in [0.05, 0.1) is 4.90 Å². The van der Waals surface area contributed by atoms with Crippen LogP contribution in [0.1, 0.15) is 26.7 Å². The molecule has 0 amide bonds. The number of rotatable bonds is 9. The molecule has 6 heteroatoms. The average Bonchev–Trinajstić information content (AvgIpc) is 3.26. The molecule has 0 radical (unpaired) electrons.